The predicted octanol–water partition coefficient (Wildman–Crippen LogP) is 1.94. The fourth-order valence-electron chi connectivity index (χ4n) is 4.94. The van der Waals surface area contributed by atoms with Gasteiger partial charge >= 0.3 is 0 Å². The lowest BCUT2D eigenvalue weighted by molar-refractivity contribution is -0.128. The molecule has 1 spiro atoms. The molecule has 0 radical (unpaired) electrons. The third-order valence-electron chi connectivity index (χ3n) is 6.68. The van der Waals surface area contributed by atoms with Crippen LogP contribution < -0.4 is 22.1 Å². The fourth-order valence-corrected chi connectivity index (χ4v) is 5.95. The molecule has 4 heterocycles. The minimum atomic E-state index is 0.00688. The monoisotopic (exact) mass is 463 g/mol. The number of hydrogen-bond donors (Lipinski definition) is 3. The van der Waals surface area contributed by atoms with Crippen LogP contribution in [0.15, 0.2) is 28.4 Å². The normalized spacial score (nSPS) is 27.4. The molecular formula is C20H26ClN7O2S. The highest BCUT2D eigenvalue weighted by atomic mass is 35.5. The summed E-state index contributed by atoms with van der Waals surface area (Å²) < 4.78 is 11.8. The standard InChI is InChI=1S/C20H26ClN7O2S/c21-14-12(1-4-25-17(14)23)31-19-18(24)27-13(10-26-19)28-5-2-20(3-6-28)9-11-15(16(20)22)30-8-7-29-11/h1,4,10-11,15-16H,2-3,5-9,22H2,(H2,23,25)(H2,24,27). The zero-order valence-electron chi connectivity index (χ0n) is 17.0. The van der Waals surface area contributed by atoms with Gasteiger partial charge < -0.3 is 31.6 Å². The number of hydrogen-bond acceptors (Lipinski definition) is 10. The van der Waals surface area contributed by atoms with Crippen molar-refractivity contribution >= 4 is 40.8 Å². The first-order valence-electron chi connectivity index (χ1n) is 10.4. The van der Waals surface area contributed by atoms with Crippen molar-refractivity contribution in [3.05, 3.63) is 23.5 Å². The maximum Gasteiger partial charge on any atom is 0.158 e. The number of piperidine rings is 1. The zero-order valence-corrected chi connectivity index (χ0v) is 18.6. The zero-order chi connectivity index (χ0) is 21.6. The largest absolute Gasteiger partial charge is 0.382 e. The van der Waals surface area contributed by atoms with Crippen molar-refractivity contribution in [3.8, 4) is 0 Å². The number of ether oxygens (including phenoxy) is 2. The molecule has 3 atom stereocenters. The molecule has 11 heteroatoms. The molecule has 1 saturated carbocycles. The summed E-state index contributed by atoms with van der Waals surface area (Å²) in [6.07, 6.45) is 6.40. The van der Waals surface area contributed by atoms with Crippen LogP contribution in [-0.4, -0.2) is 59.5 Å². The summed E-state index contributed by atoms with van der Waals surface area (Å²) in [7, 11) is 0. The van der Waals surface area contributed by atoms with Gasteiger partial charge in [-0.2, -0.15) is 0 Å². The molecule has 3 unspecified atom stereocenters. The van der Waals surface area contributed by atoms with Gasteiger partial charge in [0.1, 0.15) is 16.7 Å². The number of halogens is 1. The maximum atomic E-state index is 6.62. The van der Waals surface area contributed by atoms with Crippen molar-refractivity contribution < 1.29 is 9.47 Å². The van der Waals surface area contributed by atoms with E-state index in [9.17, 15) is 0 Å². The van der Waals surface area contributed by atoms with Crippen LogP contribution in [0, 0.1) is 5.41 Å². The topological polar surface area (TPSA) is 138 Å². The maximum absolute atomic E-state index is 6.62. The quantitative estimate of drug-likeness (QED) is 0.618. The first kappa shape index (κ1) is 21.0. The smallest absolute Gasteiger partial charge is 0.158 e. The van der Waals surface area contributed by atoms with Gasteiger partial charge in [0.05, 0.1) is 36.6 Å². The number of anilines is 3. The molecule has 0 amide bonds. The number of fused-ring (bicyclic) bond motifs is 1. The van der Waals surface area contributed by atoms with E-state index < -0.39 is 0 Å². The van der Waals surface area contributed by atoms with E-state index in [4.69, 9.17) is 38.3 Å². The van der Waals surface area contributed by atoms with Crippen LogP contribution >= 0.6 is 23.4 Å². The Morgan fingerprint density at radius 3 is 2.65 bits per heavy atom. The van der Waals surface area contributed by atoms with E-state index in [2.05, 4.69) is 19.9 Å². The van der Waals surface area contributed by atoms with Crippen LogP contribution in [0.4, 0.5) is 17.5 Å². The van der Waals surface area contributed by atoms with Gasteiger partial charge in [-0.1, -0.05) is 23.4 Å². The molecule has 9 nitrogen and oxygen atoms in total. The van der Waals surface area contributed by atoms with E-state index in [1.165, 1.54) is 11.8 Å². The molecule has 2 aromatic rings. The van der Waals surface area contributed by atoms with Gasteiger partial charge in [-0.25, -0.2) is 15.0 Å². The van der Waals surface area contributed by atoms with Gasteiger partial charge in [-0.15, -0.1) is 0 Å². The number of nitrogens with two attached hydrogens (primary N) is 3. The van der Waals surface area contributed by atoms with Crippen molar-refractivity contribution in [2.75, 3.05) is 42.7 Å². The lowest BCUT2D eigenvalue weighted by Crippen LogP contribution is -2.51. The van der Waals surface area contributed by atoms with Gasteiger partial charge in [0, 0.05) is 30.2 Å². The number of rotatable bonds is 3. The Labute approximate surface area is 190 Å². The molecule has 3 aliphatic rings. The van der Waals surface area contributed by atoms with Crippen LogP contribution in [-0.2, 0) is 9.47 Å². The number of pyridine rings is 1. The second-order valence-electron chi connectivity index (χ2n) is 8.35. The van der Waals surface area contributed by atoms with Gasteiger partial charge in [-0.05, 0) is 30.7 Å². The Bertz CT molecular complexity index is 973. The summed E-state index contributed by atoms with van der Waals surface area (Å²) in [5.41, 5.74) is 18.7. The molecule has 0 aromatic carbocycles. The highest BCUT2D eigenvalue weighted by molar-refractivity contribution is 7.99. The Balaban J connectivity index is 1.27. The SMILES string of the molecule is Nc1nc(N2CCC3(CC2)CC2OCCOC2C3N)cnc1Sc1ccnc(N)c1Cl. The summed E-state index contributed by atoms with van der Waals surface area (Å²) in [5, 5.41) is 0.974. The molecule has 2 aliphatic heterocycles. The van der Waals surface area contributed by atoms with Gasteiger partial charge in [-0.3, -0.25) is 0 Å². The van der Waals surface area contributed by atoms with E-state index in [0.717, 1.165) is 43.1 Å². The van der Waals surface area contributed by atoms with Gasteiger partial charge in [0.25, 0.3) is 0 Å². The van der Waals surface area contributed by atoms with Crippen molar-refractivity contribution in [1.29, 1.82) is 0 Å². The van der Waals surface area contributed by atoms with E-state index in [1.807, 2.05) is 0 Å². The number of nitrogens with zero attached hydrogens (tertiary/aromatic N) is 4. The van der Waals surface area contributed by atoms with E-state index in [-0.39, 0.29) is 29.5 Å². The third kappa shape index (κ3) is 3.80. The first-order valence-corrected chi connectivity index (χ1v) is 11.6. The first-order chi connectivity index (χ1) is 15.0. The van der Waals surface area contributed by atoms with Crippen LogP contribution in [0.25, 0.3) is 0 Å². The van der Waals surface area contributed by atoms with Crippen molar-refractivity contribution in [2.24, 2.45) is 11.1 Å². The van der Waals surface area contributed by atoms with E-state index >= 15 is 0 Å². The summed E-state index contributed by atoms with van der Waals surface area (Å²) in [6.45, 7) is 2.99. The average molecular weight is 464 g/mol. The summed E-state index contributed by atoms with van der Waals surface area (Å²) in [6, 6.07) is 1.78. The fraction of sp³-hybridized carbons (Fsp3) is 0.550. The van der Waals surface area contributed by atoms with Crippen LogP contribution in [0.2, 0.25) is 5.02 Å². The lowest BCUT2D eigenvalue weighted by Gasteiger charge is -2.42. The molecule has 2 saturated heterocycles. The molecule has 1 aliphatic carbocycles. The summed E-state index contributed by atoms with van der Waals surface area (Å²) in [4.78, 5) is 16.1. The van der Waals surface area contributed by atoms with Crippen molar-refractivity contribution in [1.82, 2.24) is 15.0 Å². The Hall–Kier alpha value is -1.85. The molecule has 6 N–H and O–H groups in total. The second kappa shape index (κ2) is 8.25. The predicted molar refractivity (Wildman–Crippen MR) is 120 cm³/mol. The molecular weight excluding hydrogens is 438 g/mol. The molecule has 31 heavy (non-hydrogen) atoms. The van der Waals surface area contributed by atoms with E-state index in [0.29, 0.717) is 29.1 Å². The second-order valence-corrected chi connectivity index (χ2v) is 9.76. The molecule has 3 fully saturated rings. The average Bonchev–Trinajstić information content (AvgIpc) is 3.05. The molecule has 2 aromatic heterocycles. The minimum Gasteiger partial charge on any atom is -0.382 e. The molecule has 166 valence electrons. The van der Waals surface area contributed by atoms with Crippen LogP contribution in [0.3, 0.4) is 0 Å². The Morgan fingerprint density at radius 1 is 1.13 bits per heavy atom. The summed E-state index contributed by atoms with van der Waals surface area (Å²) >= 11 is 7.56. The molecule has 0 bridgehead atoms. The Morgan fingerprint density at radius 2 is 1.90 bits per heavy atom. The Kier molecular flexibility index (Phi) is 5.59. The van der Waals surface area contributed by atoms with E-state index in [1.54, 1.807) is 18.5 Å². The highest BCUT2D eigenvalue weighted by Gasteiger charge is 2.54. The van der Waals surface area contributed by atoms with Crippen molar-refractivity contribution in [2.45, 2.75) is 47.4 Å². The van der Waals surface area contributed by atoms with Gasteiger partial charge in [0.15, 0.2) is 5.82 Å². The van der Waals surface area contributed by atoms with Crippen molar-refractivity contribution in [3.63, 3.8) is 0 Å². The van der Waals surface area contributed by atoms with Gasteiger partial charge in [0.2, 0.25) is 0 Å². The van der Waals surface area contributed by atoms with Crippen LogP contribution in [0.5, 0.6) is 0 Å². The molecule has 5 rings (SSSR count). The summed E-state index contributed by atoms with van der Waals surface area (Å²) in [5.74, 6) is 1.41. The third-order valence-corrected chi connectivity index (χ3v) is 8.26. The number of nitrogen functional groups attached to an aromatic ring is 2. The lowest BCUT2D eigenvalue weighted by atomic mass is 9.74. The minimum absolute atomic E-state index is 0.00688. The number of aromatic nitrogens is 3. The highest BCUT2D eigenvalue weighted by Crippen LogP contribution is 2.48. The van der Waals surface area contributed by atoms with Crippen LogP contribution in [0.1, 0.15) is 19.3 Å².